The molecule has 0 spiro atoms. The van der Waals surface area contributed by atoms with Gasteiger partial charge in [0.05, 0.1) is 5.75 Å². The number of carbonyl (C=O) groups excluding carboxylic acids is 1. The molecular weight excluding hydrogens is 362 g/mol. The van der Waals surface area contributed by atoms with Gasteiger partial charge in [0.15, 0.2) is 0 Å². The Morgan fingerprint density at radius 3 is 2.80 bits per heavy atom. The maximum Gasteiger partial charge on any atom is 0.253 e. The van der Waals surface area contributed by atoms with Crippen molar-refractivity contribution in [3.63, 3.8) is 0 Å². The second kappa shape index (κ2) is 9.99. The van der Waals surface area contributed by atoms with Crippen LogP contribution in [-0.4, -0.2) is 51.7 Å². The number of nitrogens with zero attached hydrogens (tertiary/aromatic N) is 1. The van der Waals surface area contributed by atoms with E-state index in [9.17, 15) is 13.2 Å². The molecule has 0 bridgehead atoms. The average Bonchev–Trinajstić information content (AvgIpc) is 2.54. The van der Waals surface area contributed by atoms with Gasteiger partial charge < -0.3 is 10.2 Å². The Balaban J connectivity index is 0.00000312. The molecule has 1 aromatic rings. The summed E-state index contributed by atoms with van der Waals surface area (Å²) in [7, 11) is -1.43. The number of sulfonamides is 1. The molecule has 6 nitrogen and oxygen atoms in total. The summed E-state index contributed by atoms with van der Waals surface area (Å²) in [6, 6.07) is 6.74. The number of likely N-dealkylation sites (tertiary alicyclic amines) is 1. The van der Waals surface area contributed by atoms with Gasteiger partial charge in [0, 0.05) is 24.3 Å². The van der Waals surface area contributed by atoms with Gasteiger partial charge in [0.1, 0.15) is 0 Å². The predicted octanol–water partition coefficient (Wildman–Crippen LogP) is 2.33. The van der Waals surface area contributed by atoms with Crippen LogP contribution in [0.3, 0.4) is 0 Å². The highest BCUT2D eigenvalue weighted by atomic mass is 35.5. The van der Waals surface area contributed by atoms with Crippen LogP contribution in [-0.2, 0) is 10.0 Å². The van der Waals surface area contributed by atoms with Crippen LogP contribution in [0.15, 0.2) is 24.3 Å². The molecule has 8 heteroatoms. The van der Waals surface area contributed by atoms with Crippen molar-refractivity contribution in [2.24, 2.45) is 5.92 Å². The van der Waals surface area contributed by atoms with Gasteiger partial charge in [-0.3, -0.25) is 9.52 Å². The minimum Gasteiger partial charge on any atom is -0.338 e. The van der Waals surface area contributed by atoms with Crippen molar-refractivity contribution < 1.29 is 13.2 Å². The molecule has 2 rings (SSSR count). The van der Waals surface area contributed by atoms with Crippen molar-refractivity contribution in [1.82, 2.24) is 10.2 Å². The fraction of sp³-hybridized carbons (Fsp3) is 0.588. The number of hydrogen-bond donors (Lipinski definition) is 2. The first-order chi connectivity index (χ1) is 11.4. The van der Waals surface area contributed by atoms with Crippen LogP contribution in [0.4, 0.5) is 5.69 Å². The summed E-state index contributed by atoms with van der Waals surface area (Å²) >= 11 is 0. The van der Waals surface area contributed by atoms with E-state index in [4.69, 9.17) is 0 Å². The second-order valence-corrected chi connectivity index (χ2v) is 8.16. The number of carbonyl (C=O) groups is 1. The fourth-order valence-corrected chi connectivity index (χ4v) is 4.23. The first-order valence-electron chi connectivity index (χ1n) is 8.49. The summed E-state index contributed by atoms with van der Waals surface area (Å²) in [6.07, 6.45) is 2.68. The van der Waals surface area contributed by atoms with Crippen LogP contribution < -0.4 is 10.0 Å². The standard InChI is InChI=1S/C17H27N3O3S.ClH/c1-3-10-24(22,23)19-16-8-4-7-15(11-16)17(21)20-9-5-6-14(13-20)12-18-2;/h4,7-8,11,14,18-19H,3,5-6,9-10,12-13H2,1-2H3;1H. The molecule has 1 fully saturated rings. The number of nitrogens with one attached hydrogen (secondary N) is 2. The third-order valence-electron chi connectivity index (χ3n) is 4.15. The van der Waals surface area contributed by atoms with Gasteiger partial charge in [-0.15, -0.1) is 12.4 Å². The van der Waals surface area contributed by atoms with Crippen LogP contribution in [0, 0.1) is 5.92 Å². The van der Waals surface area contributed by atoms with Crippen molar-refractivity contribution in [3.8, 4) is 0 Å². The summed E-state index contributed by atoms with van der Waals surface area (Å²) < 4.78 is 26.3. The summed E-state index contributed by atoms with van der Waals surface area (Å²) in [5.74, 6) is 0.509. The molecule has 25 heavy (non-hydrogen) atoms. The molecule has 0 saturated carbocycles. The van der Waals surface area contributed by atoms with E-state index in [1.807, 2.05) is 18.9 Å². The van der Waals surface area contributed by atoms with E-state index in [0.717, 1.165) is 32.5 Å². The summed E-state index contributed by atoms with van der Waals surface area (Å²) in [5.41, 5.74) is 0.967. The van der Waals surface area contributed by atoms with Crippen molar-refractivity contribution in [3.05, 3.63) is 29.8 Å². The van der Waals surface area contributed by atoms with Crippen LogP contribution >= 0.6 is 12.4 Å². The molecule has 0 aromatic heterocycles. The maximum absolute atomic E-state index is 12.7. The summed E-state index contributed by atoms with van der Waals surface area (Å²) in [5, 5.41) is 3.17. The van der Waals surface area contributed by atoms with Gasteiger partial charge >= 0.3 is 0 Å². The van der Waals surface area contributed by atoms with E-state index in [0.29, 0.717) is 23.6 Å². The van der Waals surface area contributed by atoms with Gasteiger partial charge in [0.2, 0.25) is 10.0 Å². The predicted molar refractivity (Wildman–Crippen MR) is 104 cm³/mol. The minimum atomic E-state index is -3.35. The molecule has 1 aliphatic rings. The minimum absolute atomic E-state index is 0. The number of halogens is 1. The fourth-order valence-electron chi connectivity index (χ4n) is 3.10. The Morgan fingerprint density at radius 1 is 1.36 bits per heavy atom. The molecule has 2 N–H and O–H groups in total. The molecule has 1 aliphatic heterocycles. The Morgan fingerprint density at radius 2 is 2.12 bits per heavy atom. The van der Waals surface area contributed by atoms with Crippen LogP contribution in [0.5, 0.6) is 0 Å². The Kier molecular flexibility index (Phi) is 8.68. The van der Waals surface area contributed by atoms with Crippen LogP contribution in [0.25, 0.3) is 0 Å². The molecule has 1 aromatic carbocycles. The van der Waals surface area contributed by atoms with E-state index >= 15 is 0 Å². The van der Waals surface area contributed by atoms with Crippen LogP contribution in [0.2, 0.25) is 0 Å². The number of amides is 1. The molecule has 1 atom stereocenters. The van der Waals surface area contributed by atoms with Crippen molar-refractivity contribution >= 4 is 34.0 Å². The maximum atomic E-state index is 12.7. The van der Waals surface area contributed by atoms with Crippen molar-refractivity contribution in [2.45, 2.75) is 26.2 Å². The lowest BCUT2D eigenvalue weighted by atomic mass is 9.97. The Labute approximate surface area is 156 Å². The molecular formula is C17H28ClN3O3S. The van der Waals surface area contributed by atoms with Gasteiger partial charge in [-0.05, 0) is 57.0 Å². The topological polar surface area (TPSA) is 78.5 Å². The zero-order valence-electron chi connectivity index (χ0n) is 14.8. The number of rotatable bonds is 7. The molecule has 0 radical (unpaired) electrons. The van der Waals surface area contributed by atoms with Crippen molar-refractivity contribution in [1.29, 1.82) is 0 Å². The number of piperidine rings is 1. The van der Waals surface area contributed by atoms with Gasteiger partial charge in [-0.2, -0.15) is 0 Å². The molecule has 0 aliphatic carbocycles. The van der Waals surface area contributed by atoms with E-state index in [-0.39, 0.29) is 24.1 Å². The lowest BCUT2D eigenvalue weighted by Crippen LogP contribution is -2.42. The third kappa shape index (κ3) is 6.49. The lowest BCUT2D eigenvalue weighted by Gasteiger charge is -2.32. The SMILES string of the molecule is CCCS(=O)(=O)Nc1cccc(C(=O)N2CCCC(CNC)C2)c1.Cl. The van der Waals surface area contributed by atoms with Gasteiger partial charge in [0.25, 0.3) is 5.91 Å². The largest absolute Gasteiger partial charge is 0.338 e. The lowest BCUT2D eigenvalue weighted by molar-refractivity contribution is 0.0674. The van der Waals surface area contributed by atoms with Gasteiger partial charge in [-0.1, -0.05) is 13.0 Å². The smallest absolute Gasteiger partial charge is 0.253 e. The van der Waals surface area contributed by atoms with E-state index in [1.54, 1.807) is 24.3 Å². The molecule has 1 heterocycles. The third-order valence-corrected chi connectivity index (χ3v) is 5.65. The number of hydrogen-bond acceptors (Lipinski definition) is 4. The summed E-state index contributed by atoms with van der Waals surface area (Å²) in [4.78, 5) is 14.6. The first kappa shape index (κ1) is 21.7. The molecule has 1 amide bonds. The van der Waals surface area contributed by atoms with E-state index in [2.05, 4.69) is 10.0 Å². The second-order valence-electron chi connectivity index (χ2n) is 6.32. The Hall–Kier alpha value is -1.31. The zero-order chi connectivity index (χ0) is 17.6. The molecule has 1 unspecified atom stereocenters. The molecule has 1 saturated heterocycles. The Bertz CT molecular complexity index is 665. The zero-order valence-corrected chi connectivity index (χ0v) is 16.5. The van der Waals surface area contributed by atoms with Crippen LogP contribution in [0.1, 0.15) is 36.5 Å². The molecule has 142 valence electrons. The first-order valence-corrected chi connectivity index (χ1v) is 10.1. The highest BCUT2D eigenvalue weighted by Crippen LogP contribution is 2.20. The highest BCUT2D eigenvalue weighted by molar-refractivity contribution is 7.92. The highest BCUT2D eigenvalue weighted by Gasteiger charge is 2.24. The van der Waals surface area contributed by atoms with E-state index < -0.39 is 10.0 Å². The average molecular weight is 390 g/mol. The monoisotopic (exact) mass is 389 g/mol. The normalized spacial score (nSPS) is 17.7. The van der Waals surface area contributed by atoms with E-state index in [1.165, 1.54) is 0 Å². The van der Waals surface area contributed by atoms with Crippen molar-refractivity contribution in [2.75, 3.05) is 37.2 Å². The quantitative estimate of drug-likeness (QED) is 0.750. The number of benzene rings is 1. The summed E-state index contributed by atoms with van der Waals surface area (Å²) in [6.45, 7) is 4.22. The van der Waals surface area contributed by atoms with Gasteiger partial charge in [-0.25, -0.2) is 8.42 Å². The number of anilines is 1.